The van der Waals surface area contributed by atoms with E-state index in [1.54, 1.807) is 7.11 Å². The van der Waals surface area contributed by atoms with Gasteiger partial charge in [-0.3, -0.25) is 0 Å². The first-order chi connectivity index (χ1) is 10.1. The summed E-state index contributed by atoms with van der Waals surface area (Å²) in [6.45, 7) is 1.14. The predicted molar refractivity (Wildman–Crippen MR) is 86.5 cm³/mol. The Morgan fingerprint density at radius 2 is 2.00 bits per heavy atom. The molecular formula is C17H27N3O. The molecule has 3 rings (SSSR count). The van der Waals surface area contributed by atoms with E-state index in [0.717, 1.165) is 18.3 Å². The summed E-state index contributed by atoms with van der Waals surface area (Å²) in [6, 6.07) is 7.42. The molecule has 2 fully saturated rings. The summed E-state index contributed by atoms with van der Waals surface area (Å²) in [5.41, 5.74) is 8.40. The number of nitrogens with one attached hydrogen (secondary N) is 1. The van der Waals surface area contributed by atoms with Crippen LogP contribution in [0.5, 0.6) is 5.75 Å². The summed E-state index contributed by atoms with van der Waals surface area (Å²) in [4.78, 5) is 2.38. The Labute approximate surface area is 127 Å². The first-order valence-corrected chi connectivity index (χ1v) is 7.89. The van der Waals surface area contributed by atoms with Crippen LogP contribution < -0.4 is 15.8 Å². The lowest BCUT2D eigenvalue weighted by Gasteiger charge is -2.55. The molecular weight excluding hydrogens is 262 g/mol. The van der Waals surface area contributed by atoms with Gasteiger partial charge in [0.1, 0.15) is 5.75 Å². The van der Waals surface area contributed by atoms with E-state index in [0.29, 0.717) is 17.1 Å². The number of nitrogens with two attached hydrogens (primary N) is 1. The Hall–Kier alpha value is -1.26. The van der Waals surface area contributed by atoms with Crippen LogP contribution in [-0.4, -0.2) is 38.7 Å². The minimum atomic E-state index is 0.438. The molecule has 21 heavy (non-hydrogen) atoms. The Morgan fingerprint density at radius 3 is 2.52 bits per heavy atom. The Balaban J connectivity index is 1.76. The van der Waals surface area contributed by atoms with Crippen LogP contribution in [0.15, 0.2) is 18.2 Å². The van der Waals surface area contributed by atoms with Crippen LogP contribution in [0.1, 0.15) is 37.3 Å². The van der Waals surface area contributed by atoms with Crippen molar-refractivity contribution < 1.29 is 4.74 Å². The van der Waals surface area contributed by atoms with Crippen molar-refractivity contribution in [2.75, 3.05) is 33.5 Å². The SMILES string of the molecule is COc1cc(C2NCC23CCC(N(C)C)CC3)ccc1N. The first kappa shape index (κ1) is 14.7. The molecule has 1 aromatic rings. The topological polar surface area (TPSA) is 50.5 Å². The van der Waals surface area contributed by atoms with Crippen LogP contribution in [0.4, 0.5) is 5.69 Å². The van der Waals surface area contributed by atoms with Gasteiger partial charge in [0.2, 0.25) is 0 Å². The number of hydrogen-bond donors (Lipinski definition) is 2. The third-order valence-electron chi connectivity index (χ3n) is 5.54. The maximum absolute atomic E-state index is 5.93. The van der Waals surface area contributed by atoms with Crippen molar-refractivity contribution in [1.82, 2.24) is 10.2 Å². The molecule has 116 valence electrons. The summed E-state index contributed by atoms with van der Waals surface area (Å²) >= 11 is 0. The average Bonchev–Trinajstić information content (AvgIpc) is 2.48. The van der Waals surface area contributed by atoms with E-state index in [2.05, 4.69) is 36.4 Å². The number of hydrogen-bond acceptors (Lipinski definition) is 4. The van der Waals surface area contributed by atoms with Gasteiger partial charge in [-0.25, -0.2) is 0 Å². The van der Waals surface area contributed by atoms with Crippen molar-refractivity contribution >= 4 is 5.69 Å². The minimum absolute atomic E-state index is 0.438. The third kappa shape index (κ3) is 2.51. The standard InChI is InChI=1S/C17H27N3O/c1-20(2)13-6-8-17(9-7-13)11-19-16(17)12-4-5-14(18)15(10-12)21-3/h4-5,10,13,16,19H,6-9,11,18H2,1-3H3. The molecule has 1 spiro atoms. The summed E-state index contributed by atoms with van der Waals surface area (Å²) in [6.07, 6.45) is 5.22. The van der Waals surface area contributed by atoms with Crippen molar-refractivity contribution in [2.45, 2.75) is 37.8 Å². The van der Waals surface area contributed by atoms with Crippen molar-refractivity contribution in [3.8, 4) is 5.75 Å². The van der Waals surface area contributed by atoms with Crippen LogP contribution in [0, 0.1) is 5.41 Å². The number of benzene rings is 1. The molecule has 1 heterocycles. The number of rotatable bonds is 3. The highest BCUT2D eigenvalue weighted by Crippen LogP contribution is 2.52. The highest BCUT2D eigenvalue weighted by Gasteiger charge is 2.49. The Bertz CT molecular complexity index is 507. The van der Waals surface area contributed by atoms with Gasteiger partial charge in [0.25, 0.3) is 0 Å². The molecule has 0 radical (unpaired) electrons. The number of ether oxygens (including phenoxy) is 1. The fourth-order valence-corrected chi connectivity index (χ4v) is 4.03. The molecule has 0 aromatic heterocycles. The van der Waals surface area contributed by atoms with Crippen LogP contribution in [-0.2, 0) is 0 Å². The second kappa shape index (κ2) is 5.50. The summed E-state index contributed by atoms with van der Waals surface area (Å²) in [5.74, 6) is 0.790. The quantitative estimate of drug-likeness (QED) is 0.839. The van der Waals surface area contributed by atoms with Gasteiger partial charge in [0, 0.05) is 24.0 Å². The third-order valence-corrected chi connectivity index (χ3v) is 5.54. The highest BCUT2D eigenvalue weighted by molar-refractivity contribution is 5.54. The molecule has 1 saturated heterocycles. The Morgan fingerprint density at radius 1 is 1.29 bits per heavy atom. The zero-order chi connectivity index (χ0) is 15.0. The second-order valence-electron chi connectivity index (χ2n) is 6.87. The molecule has 3 N–H and O–H groups in total. The summed E-state index contributed by atoms with van der Waals surface area (Å²) < 4.78 is 5.37. The summed E-state index contributed by atoms with van der Waals surface area (Å²) in [5, 5.41) is 3.63. The number of anilines is 1. The molecule has 1 aliphatic heterocycles. The van der Waals surface area contributed by atoms with Crippen LogP contribution in [0.2, 0.25) is 0 Å². The summed E-state index contributed by atoms with van der Waals surface area (Å²) in [7, 11) is 6.08. The molecule has 0 bridgehead atoms. The molecule has 1 aromatic carbocycles. The van der Waals surface area contributed by atoms with E-state index >= 15 is 0 Å². The first-order valence-electron chi connectivity index (χ1n) is 7.89. The monoisotopic (exact) mass is 289 g/mol. The van der Waals surface area contributed by atoms with Crippen LogP contribution in [0.25, 0.3) is 0 Å². The maximum Gasteiger partial charge on any atom is 0.142 e. The van der Waals surface area contributed by atoms with Crippen molar-refractivity contribution in [3.05, 3.63) is 23.8 Å². The molecule has 1 aliphatic carbocycles. The highest BCUT2D eigenvalue weighted by atomic mass is 16.5. The number of nitrogens with zero attached hydrogens (tertiary/aromatic N) is 1. The number of nitrogen functional groups attached to an aromatic ring is 1. The molecule has 4 nitrogen and oxygen atoms in total. The van der Waals surface area contributed by atoms with Crippen LogP contribution >= 0.6 is 0 Å². The molecule has 1 saturated carbocycles. The van der Waals surface area contributed by atoms with Crippen molar-refractivity contribution in [3.63, 3.8) is 0 Å². The van der Waals surface area contributed by atoms with Crippen molar-refractivity contribution in [2.24, 2.45) is 5.41 Å². The van der Waals surface area contributed by atoms with Gasteiger partial charge in [-0.15, -0.1) is 0 Å². The van der Waals surface area contributed by atoms with E-state index in [-0.39, 0.29) is 0 Å². The molecule has 2 aliphatic rings. The van der Waals surface area contributed by atoms with E-state index in [4.69, 9.17) is 10.5 Å². The molecule has 0 amide bonds. The smallest absolute Gasteiger partial charge is 0.142 e. The minimum Gasteiger partial charge on any atom is -0.495 e. The van der Waals surface area contributed by atoms with Gasteiger partial charge >= 0.3 is 0 Å². The van der Waals surface area contributed by atoms with Crippen LogP contribution in [0.3, 0.4) is 0 Å². The predicted octanol–water partition coefficient (Wildman–Crippen LogP) is 2.41. The zero-order valence-electron chi connectivity index (χ0n) is 13.4. The zero-order valence-corrected chi connectivity index (χ0v) is 13.4. The normalized spacial score (nSPS) is 32.2. The van der Waals surface area contributed by atoms with E-state index in [1.807, 2.05) is 6.07 Å². The van der Waals surface area contributed by atoms with Gasteiger partial charge in [-0.05, 0) is 57.5 Å². The molecule has 4 heteroatoms. The van der Waals surface area contributed by atoms with Gasteiger partial charge < -0.3 is 20.7 Å². The molecule has 1 unspecified atom stereocenters. The lowest BCUT2D eigenvalue weighted by atomic mass is 9.61. The van der Waals surface area contributed by atoms with Crippen molar-refractivity contribution in [1.29, 1.82) is 0 Å². The maximum atomic E-state index is 5.93. The average molecular weight is 289 g/mol. The lowest BCUT2D eigenvalue weighted by molar-refractivity contribution is 0.0116. The van der Waals surface area contributed by atoms with Gasteiger partial charge in [0.15, 0.2) is 0 Å². The fourth-order valence-electron chi connectivity index (χ4n) is 4.03. The largest absolute Gasteiger partial charge is 0.495 e. The van der Waals surface area contributed by atoms with Gasteiger partial charge in [0.05, 0.1) is 12.8 Å². The fraction of sp³-hybridized carbons (Fsp3) is 0.647. The van der Waals surface area contributed by atoms with E-state index in [1.165, 1.54) is 31.2 Å². The van der Waals surface area contributed by atoms with Gasteiger partial charge in [-0.1, -0.05) is 6.07 Å². The Kier molecular flexibility index (Phi) is 3.84. The van der Waals surface area contributed by atoms with Gasteiger partial charge in [-0.2, -0.15) is 0 Å². The lowest BCUT2D eigenvalue weighted by Crippen LogP contribution is -2.58. The molecule has 1 atom stereocenters. The second-order valence-corrected chi connectivity index (χ2v) is 6.87. The van der Waals surface area contributed by atoms with E-state index in [9.17, 15) is 0 Å². The van der Waals surface area contributed by atoms with E-state index < -0.39 is 0 Å². The number of methoxy groups -OCH3 is 1.